The third-order valence-electron chi connectivity index (χ3n) is 4.53. The molecule has 1 fully saturated rings. The van der Waals surface area contributed by atoms with Crippen LogP contribution in [0.15, 0.2) is 36.7 Å². The van der Waals surface area contributed by atoms with Gasteiger partial charge >= 0.3 is 0 Å². The van der Waals surface area contributed by atoms with E-state index in [0.717, 1.165) is 38.5 Å². The van der Waals surface area contributed by atoms with E-state index in [1.54, 1.807) is 12.4 Å². The first-order chi connectivity index (χ1) is 10.3. The van der Waals surface area contributed by atoms with Crippen molar-refractivity contribution in [3.8, 4) is 0 Å². The van der Waals surface area contributed by atoms with Crippen LogP contribution in [-0.2, 0) is 10.2 Å². The van der Waals surface area contributed by atoms with E-state index in [1.165, 1.54) is 11.3 Å². The monoisotopic (exact) mass is 301 g/mol. The number of fused-ring (bicyclic) bond motifs is 2. The zero-order valence-electron chi connectivity index (χ0n) is 11.6. The molecular weight excluding hydrogens is 286 g/mol. The van der Waals surface area contributed by atoms with Crippen molar-refractivity contribution >= 4 is 23.2 Å². The van der Waals surface area contributed by atoms with Crippen LogP contribution in [0.2, 0.25) is 5.02 Å². The third-order valence-corrected chi connectivity index (χ3v) is 4.72. The first-order valence-electron chi connectivity index (χ1n) is 7.21. The van der Waals surface area contributed by atoms with Gasteiger partial charge < -0.3 is 9.64 Å². The number of benzene rings is 1. The van der Waals surface area contributed by atoms with Crippen LogP contribution in [-0.4, -0.2) is 29.7 Å². The molecule has 2 aliphatic heterocycles. The Bertz CT molecular complexity index is 653. The van der Waals surface area contributed by atoms with Crippen molar-refractivity contribution in [3.05, 3.63) is 47.2 Å². The van der Waals surface area contributed by atoms with Gasteiger partial charge in [-0.25, -0.2) is 9.97 Å². The molecule has 2 aliphatic rings. The van der Waals surface area contributed by atoms with E-state index in [4.69, 9.17) is 16.3 Å². The van der Waals surface area contributed by atoms with Crippen LogP contribution in [0.5, 0.6) is 0 Å². The first kappa shape index (κ1) is 13.0. The number of hydrogen-bond acceptors (Lipinski definition) is 4. The lowest BCUT2D eigenvalue weighted by Crippen LogP contribution is -2.37. The number of nitrogens with zero attached hydrogens (tertiary/aromatic N) is 3. The minimum atomic E-state index is 0.165. The Morgan fingerprint density at radius 2 is 1.81 bits per heavy atom. The molecule has 4 rings (SSSR count). The van der Waals surface area contributed by atoms with Crippen molar-refractivity contribution in [2.24, 2.45) is 0 Å². The van der Waals surface area contributed by atoms with Gasteiger partial charge in [-0.2, -0.15) is 0 Å². The largest absolute Gasteiger partial charge is 0.381 e. The molecule has 0 radical (unpaired) electrons. The lowest BCUT2D eigenvalue weighted by Gasteiger charge is -2.34. The number of hydrogen-bond donors (Lipinski definition) is 0. The van der Waals surface area contributed by atoms with Gasteiger partial charge in [0.25, 0.3) is 0 Å². The van der Waals surface area contributed by atoms with Crippen LogP contribution in [0.4, 0.5) is 11.6 Å². The molecule has 108 valence electrons. The molecule has 0 aliphatic carbocycles. The summed E-state index contributed by atoms with van der Waals surface area (Å²) >= 11 is 5.90. The number of rotatable bonds is 1. The van der Waals surface area contributed by atoms with E-state index in [0.29, 0.717) is 5.02 Å². The number of anilines is 2. The van der Waals surface area contributed by atoms with E-state index >= 15 is 0 Å². The Morgan fingerprint density at radius 3 is 2.57 bits per heavy atom. The number of ether oxygens (including phenoxy) is 1. The molecule has 0 N–H and O–H groups in total. The molecule has 1 saturated heterocycles. The number of halogens is 1. The summed E-state index contributed by atoms with van der Waals surface area (Å²) in [5.74, 6) is 0.718. The SMILES string of the molecule is Clc1cnc(N2CC3(CCOCC3)c3ccccc32)nc1. The molecule has 1 aromatic heterocycles. The zero-order valence-corrected chi connectivity index (χ0v) is 12.4. The van der Waals surface area contributed by atoms with Crippen LogP contribution in [0, 0.1) is 0 Å². The van der Waals surface area contributed by atoms with Gasteiger partial charge in [-0.05, 0) is 24.5 Å². The molecule has 21 heavy (non-hydrogen) atoms. The van der Waals surface area contributed by atoms with E-state index < -0.39 is 0 Å². The second-order valence-electron chi connectivity index (χ2n) is 5.70. The summed E-state index contributed by atoms with van der Waals surface area (Å²) in [5.41, 5.74) is 2.77. The Labute approximate surface area is 128 Å². The minimum absolute atomic E-state index is 0.165. The quantitative estimate of drug-likeness (QED) is 0.810. The molecule has 2 aromatic rings. The van der Waals surface area contributed by atoms with Crippen molar-refractivity contribution in [1.82, 2.24) is 9.97 Å². The molecule has 0 unspecified atom stereocenters. The van der Waals surface area contributed by atoms with E-state index in [-0.39, 0.29) is 5.41 Å². The first-order valence-corrected chi connectivity index (χ1v) is 7.59. The summed E-state index contributed by atoms with van der Waals surface area (Å²) in [6.07, 6.45) is 5.41. The molecule has 0 bridgehead atoms. The Hall–Kier alpha value is -1.65. The van der Waals surface area contributed by atoms with E-state index in [2.05, 4.69) is 39.1 Å². The summed E-state index contributed by atoms with van der Waals surface area (Å²) in [4.78, 5) is 11.0. The molecule has 1 spiro atoms. The Morgan fingerprint density at radius 1 is 1.10 bits per heavy atom. The van der Waals surface area contributed by atoms with Crippen LogP contribution in [0.25, 0.3) is 0 Å². The van der Waals surface area contributed by atoms with Crippen molar-refractivity contribution in [2.45, 2.75) is 18.3 Å². The fourth-order valence-electron chi connectivity index (χ4n) is 3.44. The Balaban J connectivity index is 1.79. The predicted octanol–water partition coefficient (Wildman–Crippen LogP) is 3.33. The molecule has 3 heterocycles. The van der Waals surface area contributed by atoms with Crippen molar-refractivity contribution in [2.75, 3.05) is 24.7 Å². The number of para-hydroxylation sites is 1. The fraction of sp³-hybridized carbons (Fsp3) is 0.375. The van der Waals surface area contributed by atoms with E-state index in [9.17, 15) is 0 Å². The van der Waals surface area contributed by atoms with E-state index in [1.807, 2.05) is 0 Å². The molecular formula is C16H16ClN3O. The molecule has 4 nitrogen and oxygen atoms in total. The van der Waals surface area contributed by atoms with Gasteiger partial charge in [0.05, 0.1) is 17.4 Å². The van der Waals surface area contributed by atoms with Gasteiger partial charge in [-0.1, -0.05) is 29.8 Å². The topological polar surface area (TPSA) is 38.2 Å². The maximum absolute atomic E-state index is 5.90. The highest BCUT2D eigenvalue weighted by atomic mass is 35.5. The summed E-state index contributed by atoms with van der Waals surface area (Å²) in [6, 6.07) is 8.57. The highest BCUT2D eigenvalue weighted by Gasteiger charge is 2.44. The Kier molecular flexibility index (Phi) is 3.08. The highest BCUT2D eigenvalue weighted by Crippen LogP contribution is 2.48. The van der Waals surface area contributed by atoms with Gasteiger partial charge in [-0.3, -0.25) is 0 Å². The van der Waals surface area contributed by atoms with Crippen molar-refractivity contribution in [3.63, 3.8) is 0 Å². The summed E-state index contributed by atoms with van der Waals surface area (Å²) < 4.78 is 5.56. The molecule has 1 aromatic carbocycles. The smallest absolute Gasteiger partial charge is 0.229 e. The molecule has 0 saturated carbocycles. The standard InChI is InChI=1S/C16H16ClN3O/c17-12-9-18-15(19-10-12)20-11-16(5-7-21-8-6-16)13-3-1-2-4-14(13)20/h1-4,9-10H,5-8,11H2. The molecule has 0 atom stereocenters. The van der Waals surface area contributed by atoms with Gasteiger partial charge in [0, 0.05) is 30.9 Å². The summed E-state index contributed by atoms with van der Waals surface area (Å²) in [7, 11) is 0. The van der Waals surface area contributed by atoms with Gasteiger partial charge in [0.2, 0.25) is 5.95 Å². The van der Waals surface area contributed by atoms with Crippen molar-refractivity contribution in [1.29, 1.82) is 0 Å². The minimum Gasteiger partial charge on any atom is -0.381 e. The van der Waals surface area contributed by atoms with Crippen LogP contribution >= 0.6 is 11.6 Å². The van der Waals surface area contributed by atoms with Gasteiger partial charge in [-0.15, -0.1) is 0 Å². The zero-order chi connectivity index (χ0) is 14.3. The second-order valence-corrected chi connectivity index (χ2v) is 6.13. The van der Waals surface area contributed by atoms with Crippen molar-refractivity contribution < 1.29 is 4.74 Å². The van der Waals surface area contributed by atoms with Gasteiger partial charge in [0.1, 0.15) is 0 Å². The van der Waals surface area contributed by atoms with Crippen LogP contribution in [0.1, 0.15) is 18.4 Å². The summed E-state index contributed by atoms with van der Waals surface area (Å²) in [6.45, 7) is 2.56. The molecule has 5 heteroatoms. The average molecular weight is 302 g/mol. The predicted molar refractivity (Wildman–Crippen MR) is 82.2 cm³/mol. The second kappa shape index (κ2) is 4.97. The summed E-state index contributed by atoms with van der Waals surface area (Å²) in [5, 5.41) is 0.562. The van der Waals surface area contributed by atoms with Crippen LogP contribution in [0.3, 0.4) is 0 Å². The maximum Gasteiger partial charge on any atom is 0.229 e. The fourth-order valence-corrected chi connectivity index (χ4v) is 3.54. The normalized spacial score (nSPS) is 19.8. The lowest BCUT2D eigenvalue weighted by atomic mass is 9.76. The van der Waals surface area contributed by atoms with Crippen LogP contribution < -0.4 is 4.90 Å². The highest BCUT2D eigenvalue weighted by molar-refractivity contribution is 6.30. The maximum atomic E-state index is 5.90. The molecule has 0 amide bonds. The third kappa shape index (κ3) is 2.10. The number of aromatic nitrogens is 2. The average Bonchev–Trinajstić information content (AvgIpc) is 2.84. The lowest BCUT2D eigenvalue weighted by molar-refractivity contribution is 0.0557. The van der Waals surface area contributed by atoms with Gasteiger partial charge in [0.15, 0.2) is 0 Å².